The van der Waals surface area contributed by atoms with Crippen LogP contribution in [-0.2, 0) is 5.41 Å². The van der Waals surface area contributed by atoms with Gasteiger partial charge in [0.15, 0.2) is 0 Å². The maximum Gasteiger partial charge on any atom is 0.343 e. The molecule has 1 amide bonds. The van der Waals surface area contributed by atoms with Crippen LogP contribution in [0.5, 0.6) is 5.75 Å². The van der Waals surface area contributed by atoms with Gasteiger partial charge >= 0.3 is 5.97 Å². The minimum absolute atomic E-state index is 0.0336. The fraction of sp³-hybridized carbons (Fsp3) is 0.160. The molecule has 3 aromatic carbocycles. The number of ether oxygens (including phenoxy) is 1. The van der Waals surface area contributed by atoms with Gasteiger partial charge in [-0.05, 0) is 77.2 Å². The summed E-state index contributed by atoms with van der Waals surface area (Å²) in [6.45, 7) is 6.37. The summed E-state index contributed by atoms with van der Waals surface area (Å²) >= 11 is 3.33. The number of nitrogens with zero attached hydrogens (tertiary/aromatic N) is 1. The van der Waals surface area contributed by atoms with E-state index < -0.39 is 5.97 Å². The zero-order valence-corrected chi connectivity index (χ0v) is 19.1. The third kappa shape index (κ3) is 6.36. The minimum atomic E-state index is -0.432. The average molecular weight is 479 g/mol. The van der Waals surface area contributed by atoms with Gasteiger partial charge in [0.05, 0.1) is 11.8 Å². The highest BCUT2D eigenvalue weighted by atomic mass is 79.9. The summed E-state index contributed by atoms with van der Waals surface area (Å²) in [6, 6.07) is 21.3. The van der Waals surface area contributed by atoms with Crippen LogP contribution in [0.2, 0.25) is 0 Å². The van der Waals surface area contributed by atoms with Gasteiger partial charge < -0.3 is 4.74 Å². The van der Waals surface area contributed by atoms with Crippen molar-refractivity contribution in [3.8, 4) is 5.75 Å². The highest BCUT2D eigenvalue weighted by Crippen LogP contribution is 2.22. The standard InChI is InChI=1S/C25H23BrN2O3/c1-25(2,3)20-10-6-18(7-11-20)23(29)28-27-16-17-4-14-22(15-5-17)31-24(30)19-8-12-21(26)13-9-19/h4-16H,1-3H3,(H,28,29)/b27-16-. The number of esters is 1. The number of rotatable bonds is 5. The molecule has 158 valence electrons. The van der Waals surface area contributed by atoms with Gasteiger partial charge in [0, 0.05) is 10.0 Å². The Bertz CT molecular complexity index is 1080. The van der Waals surface area contributed by atoms with Gasteiger partial charge in [0.25, 0.3) is 5.91 Å². The number of carbonyl (C=O) groups is 2. The molecular formula is C25H23BrN2O3. The number of benzene rings is 3. The molecule has 0 unspecified atom stereocenters. The van der Waals surface area contributed by atoms with Gasteiger partial charge in [0.1, 0.15) is 5.75 Å². The monoisotopic (exact) mass is 478 g/mol. The lowest BCUT2D eigenvalue weighted by molar-refractivity contribution is 0.0734. The number of amides is 1. The van der Waals surface area contributed by atoms with Crippen LogP contribution in [0.1, 0.15) is 52.6 Å². The maximum atomic E-state index is 12.2. The van der Waals surface area contributed by atoms with E-state index >= 15 is 0 Å². The number of hydrazone groups is 1. The summed E-state index contributed by atoms with van der Waals surface area (Å²) in [4.78, 5) is 24.4. The molecule has 1 N–H and O–H groups in total. The van der Waals surface area contributed by atoms with Crippen molar-refractivity contribution in [2.24, 2.45) is 5.10 Å². The molecule has 0 aliphatic heterocycles. The van der Waals surface area contributed by atoms with Crippen molar-refractivity contribution in [3.63, 3.8) is 0 Å². The van der Waals surface area contributed by atoms with Crippen molar-refractivity contribution in [2.75, 3.05) is 0 Å². The van der Waals surface area contributed by atoms with E-state index in [2.05, 4.69) is 47.2 Å². The van der Waals surface area contributed by atoms with Gasteiger partial charge in [-0.25, -0.2) is 10.2 Å². The molecule has 0 fully saturated rings. The van der Waals surface area contributed by atoms with Crippen LogP contribution >= 0.6 is 15.9 Å². The van der Waals surface area contributed by atoms with Crippen LogP contribution in [0.15, 0.2) is 82.4 Å². The Morgan fingerprint density at radius 1 is 0.871 bits per heavy atom. The molecule has 3 aromatic rings. The summed E-state index contributed by atoms with van der Waals surface area (Å²) in [6.07, 6.45) is 1.53. The number of nitrogens with one attached hydrogen (secondary N) is 1. The average Bonchev–Trinajstić information content (AvgIpc) is 2.75. The molecule has 0 saturated heterocycles. The van der Waals surface area contributed by atoms with E-state index in [1.54, 1.807) is 60.7 Å². The summed E-state index contributed by atoms with van der Waals surface area (Å²) in [7, 11) is 0. The zero-order chi connectivity index (χ0) is 22.4. The Labute approximate surface area is 190 Å². The second-order valence-corrected chi connectivity index (χ2v) is 8.91. The molecule has 5 nitrogen and oxygen atoms in total. The zero-order valence-electron chi connectivity index (χ0n) is 17.6. The molecule has 0 heterocycles. The lowest BCUT2D eigenvalue weighted by Gasteiger charge is -2.18. The second-order valence-electron chi connectivity index (χ2n) is 7.99. The van der Waals surface area contributed by atoms with Gasteiger partial charge in [-0.15, -0.1) is 0 Å². The van der Waals surface area contributed by atoms with Crippen molar-refractivity contribution >= 4 is 34.0 Å². The van der Waals surface area contributed by atoms with E-state index in [4.69, 9.17) is 4.74 Å². The largest absolute Gasteiger partial charge is 0.423 e. The Hall–Kier alpha value is -3.25. The van der Waals surface area contributed by atoms with Gasteiger partial charge in [-0.3, -0.25) is 4.79 Å². The summed E-state index contributed by atoms with van der Waals surface area (Å²) in [5.41, 5.74) is 5.48. The summed E-state index contributed by atoms with van der Waals surface area (Å²) in [5, 5.41) is 4.00. The van der Waals surface area contributed by atoms with E-state index in [9.17, 15) is 9.59 Å². The molecule has 0 aliphatic rings. The SMILES string of the molecule is CC(C)(C)c1ccc(C(=O)N/N=C\c2ccc(OC(=O)c3ccc(Br)cc3)cc2)cc1. The predicted molar refractivity (Wildman–Crippen MR) is 126 cm³/mol. The van der Waals surface area contributed by atoms with Crippen LogP contribution in [0.4, 0.5) is 0 Å². The fourth-order valence-corrected chi connectivity index (χ4v) is 2.99. The smallest absolute Gasteiger partial charge is 0.343 e. The number of halogens is 1. The summed E-state index contributed by atoms with van der Waals surface area (Å²) in [5.74, 6) is -0.288. The highest BCUT2D eigenvalue weighted by Gasteiger charge is 2.14. The van der Waals surface area contributed by atoms with E-state index in [1.807, 2.05) is 12.1 Å². The first-order valence-corrected chi connectivity index (χ1v) is 10.5. The van der Waals surface area contributed by atoms with Crippen molar-refractivity contribution in [2.45, 2.75) is 26.2 Å². The van der Waals surface area contributed by atoms with Gasteiger partial charge in [-0.1, -0.05) is 48.8 Å². The molecule has 31 heavy (non-hydrogen) atoms. The molecule has 0 saturated carbocycles. The third-order valence-corrected chi connectivity index (χ3v) is 5.09. The topological polar surface area (TPSA) is 67.8 Å². The molecule has 0 radical (unpaired) electrons. The quantitative estimate of drug-likeness (QED) is 0.220. The van der Waals surface area contributed by atoms with Crippen LogP contribution in [0, 0.1) is 0 Å². The minimum Gasteiger partial charge on any atom is -0.423 e. The lowest BCUT2D eigenvalue weighted by atomic mass is 9.87. The Morgan fingerprint density at radius 2 is 1.45 bits per heavy atom. The molecule has 0 aliphatic carbocycles. The first-order chi connectivity index (χ1) is 14.7. The van der Waals surface area contributed by atoms with Crippen LogP contribution < -0.4 is 10.2 Å². The fourth-order valence-electron chi connectivity index (χ4n) is 2.73. The maximum absolute atomic E-state index is 12.2. The molecule has 0 bridgehead atoms. The van der Waals surface area contributed by atoms with Crippen molar-refractivity contribution in [1.82, 2.24) is 5.43 Å². The molecule has 6 heteroatoms. The predicted octanol–water partition coefficient (Wildman–Crippen LogP) is 5.73. The van der Waals surface area contributed by atoms with E-state index in [1.165, 1.54) is 6.21 Å². The first kappa shape index (κ1) is 22.4. The van der Waals surface area contributed by atoms with Gasteiger partial charge in [-0.2, -0.15) is 5.10 Å². The third-order valence-electron chi connectivity index (χ3n) is 4.56. The Kier molecular flexibility index (Phi) is 7.02. The van der Waals surface area contributed by atoms with Crippen LogP contribution in [0.3, 0.4) is 0 Å². The molecule has 0 atom stereocenters. The highest BCUT2D eigenvalue weighted by molar-refractivity contribution is 9.10. The normalized spacial score (nSPS) is 11.4. The number of hydrogen-bond donors (Lipinski definition) is 1. The van der Waals surface area contributed by atoms with Crippen molar-refractivity contribution < 1.29 is 14.3 Å². The van der Waals surface area contributed by atoms with Crippen LogP contribution in [0.25, 0.3) is 0 Å². The van der Waals surface area contributed by atoms with E-state index in [0.29, 0.717) is 16.9 Å². The van der Waals surface area contributed by atoms with E-state index in [0.717, 1.165) is 15.6 Å². The van der Waals surface area contributed by atoms with Crippen molar-refractivity contribution in [3.05, 3.63) is 99.5 Å². The van der Waals surface area contributed by atoms with Crippen molar-refractivity contribution in [1.29, 1.82) is 0 Å². The number of hydrogen-bond acceptors (Lipinski definition) is 4. The van der Waals surface area contributed by atoms with Crippen LogP contribution in [-0.4, -0.2) is 18.1 Å². The first-order valence-electron chi connectivity index (χ1n) is 9.74. The van der Waals surface area contributed by atoms with Gasteiger partial charge in [0.2, 0.25) is 0 Å². The lowest BCUT2D eigenvalue weighted by Crippen LogP contribution is -2.18. The molecular weight excluding hydrogens is 456 g/mol. The number of carbonyl (C=O) groups excluding carboxylic acids is 2. The Morgan fingerprint density at radius 3 is 2.03 bits per heavy atom. The summed E-state index contributed by atoms with van der Waals surface area (Å²) < 4.78 is 6.25. The van der Waals surface area contributed by atoms with E-state index in [-0.39, 0.29) is 11.3 Å². The molecule has 3 rings (SSSR count). The molecule has 0 spiro atoms. The molecule has 0 aromatic heterocycles. The second kappa shape index (κ2) is 9.71. The Balaban J connectivity index is 1.55.